The topological polar surface area (TPSA) is 63.8 Å². The SMILES string of the molecule is Cc1ccc2c(c1)[nH]c(=S)n2C(C)C(N)=O. The van der Waals surface area contributed by atoms with Gasteiger partial charge in [-0.15, -0.1) is 0 Å². The van der Waals surface area contributed by atoms with Crippen LogP contribution in [0, 0.1) is 11.7 Å². The first-order valence-corrected chi connectivity index (χ1v) is 5.41. The average molecular weight is 235 g/mol. The molecule has 5 heteroatoms. The predicted molar refractivity (Wildman–Crippen MR) is 65.8 cm³/mol. The van der Waals surface area contributed by atoms with Crippen molar-refractivity contribution < 1.29 is 4.79 Å². The van der Waals surface area contributed by atoms with Crippen LogP contribution in [0.15, 0.2) is 18.2 Å². The lowest BCUT2D eigenvalue weighted by molar-refractivity contribution is -0.120. The fourth-order valence-corrected chi connectivity index (χ4v) is 2.12. The van der Waals surface area contributed by atoms with E-state index in [9.17, 15) is 4.79 Å². The molecule has 1 unspecified atom stereocenters. The fourth-order valence-electron chi connectivity index (χ4n) is 1.76. The number of carbonyl (C=O) groups excluding carboxylic acids is 1. The van der Waals surface area contributed by atoms with E-state index in [1.54, 1.807) is 11.5 Å². The summed E-state index contributed by atoms with van der Waals surface area (Å²) in [6.45, 7) is 3.75. The Morgan fingerprint density at radius 1 is 1.56 bits per heavy atom. The van der Waals surface area contributed by atoms with Crippen molar-refractivity contribution in [3.05, 3.63) is 28.5 Å². The minimum absolute atomic E-state index is 0.391. The monoisotopic (exact) mass is 235 g/mol. The second-order valence-corrected chi connectivity index (χ2v) is 4.29. The smallest absolute Gasteiger partial charge is 0.240 e. The molecule has 0 saturated heterocycles. The molecule has 1 amide bonds. The van der Waals surface area contributed by atoms with Gasteiger partial charge in [0.05, 0.1) is 11.0 Å². The number of nitrogens with zero attached hydrogens (tertiary/aromatic N) is 1. The van der Waals surface area contributed by atoms with Gasteiger partial charge in [0.25, 0.3) is 0 Å². The highest BCUT2D eigenvalue weighted by Crippen LogP contribution is 2.19. The molecule has 4 nitrogen and oxygen atoms in total. The zero-order chi connectivity index (χ0) is 11.9. The third-order valence-corrected chi connectivity index (χ3v) is 2.97. The maximum Gasteiger partial charge on any atom is 0.240 e. The standard InChI is InChI=1S/C11H13N3OS/c1-6-3-4-9-8(5-6)13-11(16)14(9)7(2)10(12)15/h3-5,7H,1-2H3,(H2,12,15)(H,13,16). The molecule has 3 N–H and O–H groups in total. The number of aryl methyl sites for hydroxylation is 1. The summed E-state index contributed by atoms with van der Waals surface area (Å²) in [4.78, 5) is 14.3. The van der Waals surface area contributed by atoms with E-state index in [-0.39, 0.29) is 0 Å². The van der Waals surface area contributed by atoms with Crippen molar-refractivity contribution in [3.63, 3.8) is 0 Å². The Morgan fingerprint density at radius 2 is 2.25 bits per heavy atom. The lowest BCUT2D eigenvalue weighted by Gasteiger charge is -2.10. The third kappa shape index (κ3) is 1.63. The van der Waals surface area contributed by atoms with Gasteiger partial charge >= 0.3 is 0 Å². The molecule has 0 aliphatic carbocycles. The number of aromatic amines is 1. The number of benzene rings is 1. The summed E-state index contributed by atoms with van der Waals surface area (Å²) in [5, 5.41) is 0. The Bertz CT molecular complexity index is 611. The first-order chi connectivity index (χ1) is 7.50. The van der Waals surface area contributed by atoms with E-state index in [1.807, 2.05) is 25.1 Å². The van der Waals surface area contributed by atoms with Crippen molar-refractivity contribution in [1.29, 1.82) is 0 Å². The van der Waals surface area contributed by atoms with Crippen LogP contribution in [-0.4, -0.2) is 15.5 Å². The lowest BCUT2D eigenvalue weighted by Crippen LogP contribution is -2.23. The second-order valence-electron chi connectivity index (χ2n) is 3.90. The van der Waals surface area contributed by atoms with Crippen LogP contribution in [0.3, 0.4) is 0 Å². The van der Waals surface area contributed by atoms with Gasteiger partial charge in [0.1, 0.15) is 6.04 Å². The van der Waals surface area contributed by atoms with Crippen LogP contribution in [0.4, 0.5) is 0 Å². The number of carbonyl (C=O) groups is 1. The first kappa shape index (κ1) is 10.9. The molecule has 0 spiro atoms. The average Bonchev–Trinajstić information content (AvgIpc) is 2.51. The minimum Gasteiger partial charge on any atom is -0.368 e. The summed E-state index contributed by atoms with van der Waals surface area (Å²) < 4.78 is 2.26. The number of hydrogen-bond donors (Lipinski definition) is 2. The quantitative estimate of drug-likeness (QED) is 0.782. The highest BCUT2D eigenvalue weighted by molar-refractivity contribution is 7.71. The van der Waals surface area contributed by atoms with Gasteiger partial charge in [-0.3, -0.25) is 4.79 Å². The number of imidazole rings is 1. The van der Waals surface area contributed by atoms with Crippen LogP contribution in [0.25, 0.3) is 11.0 Å². The van der Waals surface area contributed by atoms with Crippen molar-refractivity contribution in [3.8, 4) is 0 Å². The molecule has 2 aromatic rings. The van der Waals surface area contributed by atoms with E-state index in [0.29, 0.717) is 4.77 Å². The first-order valence-electron chi connectivity index (χ1n) is 5.01. The molecular formula is C11H13N3OS. The van der Waals surface area contributed by atoms with Gasteiger partial charge in [0.2, 0.25) is 5.91 Å². The van der Waals surface area contributed by atoms with Gasteiger partial charge in [0.15, 0.2) is 4.77 Å². The summed E-state index contributed by atoms with van der Waals surface area (Å²) in [5.74, 6) is -0.391. The molecule has 0 aliphatic rings. The van der Waals surface area contributed by atoms with Crippen LogP contribution in [0.1, 0.15) is 18.5 Å². The lowest BCUT2D eigenvalue weighted by atomic mass is 10.2. The molecule has 0 fully saturated rings. The number of fused-ring (bicyclic) bond motifs is 1. The Hall–Kier alpha value is -1.62. The minimum atomic E-state index is -0.441. The van der Waals surface area contributed by atoms with Crippen LogP contribution in [-0.2, 0) is 4.79 Å². The molecule has 1 aromatic heterocycles. The van der Waals surface area contributed by atoms with E-state index in [0.717, 1.165) is 16.6 Å². The Morgan fingerprint density at radius 3 is 2.88 bits per heavy atom. The van der Waals surface area contributed by atoms with Gasteiger partial charge < -0.3 is 15.3 Å². The number of primary amides is 1. The third-order valence-electron chi connectivity index (χ3n) is 2.67. The summed E-state index contributed by atoms with van der Waals surface area (Å²) in [6, 6.07) is 5.48. The van der Waals surface area contributed by atoms with E-state index < -0.39 is 11.9 Å². The molecule has 1 atom stereocenters. The van der Waals surface area contributed by atoms with Gasteiger partial charge in [0, 0.05) is 0 Å². The number of nitrogens with two attached hydrogens (primary N) is 1. The molecular weight excluding hydrogens is 222 g/mol. The molecule has 0 radical (unpaired) electrons. The summed E-state index contributed by atoms with van der Waals surface area (Å²) in [7, 11) is 0. The second kappa shape index (κ2) is 3.75. The van der Waals surface area contributed by atoms with Crippen molar-refractivity contribution >= 4 is 29.2 Å². The number of aromatic nitrogens is 2. The number of nitrogens with one attached hydrogen (secondary N) is 1. The molecule has 1 heterocycles. The number of H-pyrrole nitrogens is 1. The molecule has 2 rings (SSSR count). The Labute approximate surface area is 98.1 Å². The predicted octanol–water partition coefficient (Wildman–Crippen LogP) is 2.05. The van der Waals surface area contributed by atoms with Crippen molar-refractivity contribution in [2.45, 2.75) is 19.9 Å². The largest absolute Gasteiger partial charge is 0.368 e. The zero-order valence-corrected chi connectivity index (χ0v) is 9.97. The maximum absolute atomic E-state index is 11.2. The van der Waals surface area contributed by atoms with Gasteiger partial charge in [-0.25, -0.2) is 0 Å². The van der Waals surface area contributed by atoms with Crippen LogP contribution < -0.4 is 5.73 Å². The number of rotatable bonds is 2. The van der Waals surface area contributed by atoms with Crippen LogP contribution in [0.2, 0.25) is 0 Å². The van der Waals surface area contributed by atoms with E-state index >= 15 is 0 Å². The highest BCUT2D eigenvalue weighted by atomic mass is 32.1. The van der Waals surface area contributed by atoms with Gasteiger partial charge in [-0.05, 0) is 43.8 Å². The Balaban J connectivity index is 2.74. The van der Waals surface area contributed by atoms with E-state index in [2.05, 4.69) is 4.98 Å². The summed E-state index contributed by atoms with van der Waals surface area (Å²) in [5.41, 5.74) is 8.27. The molecule has 0 saturated carbocycles. The normalized spacial score (nSPS) is 12.9. The Kier molecular flexibility index (Phi) is 2.55. The summed E-state index contributed by atoms with van der Waals surface area (Å²) in [6.07, 6.45) is 0. The fraction of sp³-hybridized carbons (Fsp3) is 0.273. The van der Waals surface area contributed by atoms with E-state index in [4.69, 9.17) is 18.0 Å². The van der Waals surface area contributed by atoms with Crippen LogP contribution in [0.5, 0.6) is 0 Å². The zero-order valence-electron chi connectivity index (χ0n) is 9.15. The molecule has 1 aromatic carbocycles. The number of hydrogen-bond acceptors (Lipinski definition) is 2. The van der Waals surface area contributed by atoms with Gasteiger partial charge in [-0.2, -0.15) is 0 Å². The van der Waals surface area contributed by atoms with Crippen LogP contribution >= 0.6 is 12.2 Å². The molecule has 0 bridgehead atoms. The number of amides is 1. The van der Waals surface area contributed by atoms with Crippen molar-refractivity contribution in [1.82, 2.24) is 9.55 Å². The maximum atomic E-state index is 11.2. The summed E-state index contributed by atoms with van der Waals surface area (Å²) >= 11 is 5.19. The van der Waals surface area contributed by atoms with Gasteiger partial charge in [-0.1, -0.05) is 6.07 Å². The highest BCUT2D eigenvalue weighted by Gasteiger charge is 2.15. The molecule has 0 aliphatic heterocycles. The van der Waals surface area contributed by atoms with E-state index in [1.165, 1.54) is 0 Å². The van der Waals surface area contributed by atoms with Crippen molar-refractivity contribution in [2.75, 3.05) is 0 Å². The molecule has 16 heavy (non-hydrogen) atoms. The van der Waals surface area contributed by atoms with Crippen molar-refractivity contribution in [2.24, 2.45) is 5.73 Å². The molecule has 84 valence electrons.